The van der Waals surface area contributed by atoms with Crippen LogP contribution in [0.25, 0.3) is 0 Å². The molecular formula is C6H5FKO2S-. The first-order valence-electron chi connectivity index (χ1n) is 2.40. The summed E-state index contributed by atoms with van der Waals surface area (Å²) in [5.41, 5.74) is 0. The van der Waals surface area contributed by atoms with Gasteiger partial charge in [0.05, 0.1) is 0 Å². The van der Waals surface area contributed by atoms with E-state index in [2.05, 4.69) is 6.07 Å². The molecule has 0 aliphatic heterocycles. The number of benzene rings is 1. The van der Waals surface area contributed by atoms with Crippen molar-refractivity contribution in [1.82, 2.24) is 0 Å². The summed E-state index contributed by atoms with van der Waals surface area (Å²) >= 11 is -3.36. The van der Waals surface area contributed by atoms with Crippen molar-refractivity contribution in [2.45, 2.75) is 0 Å². The van der Waals surface area contributed by atoms with Crippen LogP contribution in [0.1, 0.15) is 0 Å². The average Bonchev–Trinajstić information content (AvgIpc) is 1.90. The minimum Gasteiger partial charge on any atom is -0.746 e. The first-order chi connectivity index (χ1) is 4.73. The maximum absolute atomic E-state index is 9.92. The van der Waals surface area contributed by atoms with E-state index in [1.165, 1.54) is 0 Å². The fourth-order valence-corrected chi connectivity index (χ4v) is 0.342. The molecule has 11 heavy (non-hydrogen) atoms. The molecule has 0 aliphatic carbocycles. The summed E-state index contributed by atoms with van der Waals surface area (Å²) in [4.78, 5) is 0. The molecule has 0 aliphatic rings. The number of hydrogen-bond donors (Lipinski definition) is 0. The van der Waals surface area contributed by atoms with Crippen molar-refractivity contribution < 1.29 is 64.0 Å². The van der Waals surface area contributed by atoms with Gasteiger partial charge in [-0.25, -0.2) is 4.21 Å². The van der Waals surface area contributed by atoms with Crippen LogP contribution in [-0.4, -0.2) is 8.76 Å². The summed E-state index contributed by atoms with van der Waals surface area (Å²) < 4.78 is 26.6. The molecule has 0 amide bonds. The quantitative estimate of drug-likeness (QED) is 0.215. The Labute approximate surface area is 110 Å². The number of halogens is 1. The normalized spacial score (nSPS) is 10.0. The third kappa shape index (κ3) is 18.1. The molecule has 0 saturated heterocycles. The van der Waals surface area contributed by atoms with Crippen LogP contribution in [0.2, 0.25) is 0 Å². The van der Waals surface area contributed by atoms with Gasteiger partial charge in [0.25, 0.3) is 0 Å². The molecule has 0 bridgehead atoms. The van der Waals surface area contributed by atoms with Crippen LogP contribution in [0.4, 0.5) is 3.89 Å². The maximum atomic E-state index is 9.92. The van der Waals surface area contributed by atoms with Crippen LogP contribution in [-0.2, 0) is 11.5 Å². The van der Waals surface area contributed by atoms with E-state index in [0.717, 1.165) is 0 Å². The van der Waals surface area contributed by atoms with Gasteiger partial charge in [-0.1, -0.05) is 0 Å². The molecule has 1 unspecified atom stereocenters. The third-order valence-electron chi connectivity index (χ3n) is 0.607. The van der Waals surface area contributed by atoms with E-state index >= 15 is 0 Å². The Hall–Kier alpha value is 0.896. The Morgan fingerprint density at radius 3 is 1.73 bits per heavy atom. The first kappa shape index (κ1) is 14.4. The summed E-state index contributed by atoms with van der Waals surface area (Å²) in [6.45, 7) is 0. The monoisotopic (exact) mass is 199 g/mol. The van der Waals surface area contributed by atoms with Crippen molar-refractivity contribution >= 4 is 11.5 Å². The van der Waals surface area contributed by atoms with E-state index < -0.39 is 11.5 Å². The Bertz CT molecular complexity index is 152. The minimum absolute atomic E-state index is 0. The van der Waals surface area contributed by atoms with E-state index in [1.807, 2.05) is 30.3 Å². The molecular weight excluding hydrogens is 194 g/mol. The molecule has 0 saturated carbocycles. The van der Waals surface area contributed by atoms with E-state index in [-0.39, 0.29) is 51.4 Å². The van der Waals surface area contributed by atoms with Crippen LogP contribution in [0.15, 0.2) is 30.3 Å². The zero-order valence-electron chi connectivity index (χ0n) is 5.99. The van der Waals surface area contributed by atoms with Crippen molar-refractivity contribution in [2.24, 2.45) is 0 Å². The van der Waals surface area contributed by atoms with Gasteiger partial charge in [0.15, 0.2) is 0 Å². The fraction of sp³-hybridized carbons (Fsp3) is 0. The smallest absolute Gasteiger partial charge is 0.746 e. The van der Waals surface area contributed by atoms with E-state index in [9.17, 15) is 3.89 Å². The number of rotatable bonds is 0. The van der Waals surface area contributed by atoms with Crippen LogP contribution >= 0.6 is 0 Å². The fourth-order valence-electron chi connectivity index (χ4n) is 0.342. The second-order valence-corrected chi connectivity index (χ2v) is 1.66. The molecule has 0 N–H and O–H groups in total. The topological polar surface area (TPSA) is 40.1 Å². The Kier molecular flexibility index (Phi) is 14.3. The van der Waals surface area contributed by atoms with E-state index in [4.69, 9.17) is 8.76 Å². The summed E-state index contributed by atoms with van der Waals surface area (Å²) in [6.07, 6.45) is 0. The molecule has 0 fully saturated rings. The van der Waals surface area contributed by atoms with Crippen LogP contribution in [0.5, 0.6) is 0 Å². The van der Waals surface area contributed by atoms with Gasteiger partial charge in [0.1, 0.15) is 11.5 Å². The molecule has 0 radical (unpaired) electrons. The van der Waals surface area contributed by atoms with Crippen molar-refractivity contribution in [1.29, 1.82) is 0 Å². The average molecular weight is 199 g/mol. The minimum atomic E-state index is -3.36. The molecule has 1 atom stereocenters. The van der Waals surface area contributed by atoms with Crippen molar-refractivity contribution in [3.8, 4) is 0 Å². The maximum Gasteiger partial charge on any atom is 1.00 e. The summed E-state index contributed by atoms with van der Waals surface area (Å²) in [5.74, 6) is 0. The van der Waals surface area contributed by atoms with Crippen LogP contribution in [0, 0.1) is 6.07 Å². The van der Waals surface area contributed by atoms with Crippen molar-refractivity contribution in [2.75, 3.05) is 0 Å². The largest absolute Gasteiger partial charge is 1.00 e. The standard InChI is InChI=1S/C6H5.FHO2S.K/c1-2-4-6-5-3-1;1-4(2)3;/h1-5H;(H,2,3);/q-1;;+1/p-1. The molecule has 56 valence electrons. The van der Waals surface area contributed by atoms with Gasteiger partial charge in [0.2, 0.25) is 0 Å². The second-order valence-electron chi connectivity index (χ2n) is 1.27. The van der Waals surface area contributed by atoms with Crippen LogP contribution in [0.3, 0.4) is 0 Å². The summed E-state index contributed by atoms with van der Waals surface area (Å²) in [6, 6.07) is 12.5. The molecule has 5 heteroatoms. The van der Waals surface area contributed by atoms with Gasteiger partial charge in [-0.05, 0) is 0 Å². The zero-order valence-corrected chi connectivity index (χ0v) is 9.93. The molecule has 0 heterocycles. The second kappa shape index (κ2) is 10.9. The summed E-state index contributed by atoms with van der Waals surface area (Å²) in [5, 5.41) is 0. The van der Waals surface area contributed by atoms with E-state index in [0.29, 0.717) is 0 Å². The number of hydrogen-bond acceptors (Lipinski definition) is 2. The zero-order chi connectivity index (χ0) is 7.82. The molecule has 0 spiro atoms. The van der Waals surface area contributed by atoms with Crippen LogP contribution < -0.4 is 51.4 Å². The van der Waals surface area contributed by atoms with E-state index in [1.54, 1.807) is 0 Å². The van der Waals surface area contributed by atoms with Crippen molar-refractivity contribution in [3.63, 3.8) is 0 Å². The van der Waals surface area contributed by atoms with Crippen molar-refractivity contribution in [3.05, 3.63) is 36.4 Å². The predicted molar refractivity (Wildman–Crippen MR) is 35.3 cm³/mol. The molecule has 1 aromatic rings. The SMILES string of the molecule is O=S([O-])F.[K+].[c-]1ccccc1. The van der Waals surface area contributed by atoms with Gasteiger partial charge in [-0.3, -0.25) is 0 Å². The van der Waals surface area contributed by atoms with Gasteiger partial charge in [-0.2, -0.15) is 36.4 Å². The Morgan fingerprint density at radius 1 is 1.27 bits per heavy atom. The van der Waals surface area contributed by atoms with Gasteiger partial charge in [0, 0.05) is 0 Å². The van der Waals surface area contributed by atoms with Gasteiger partial charge in [-0.15, -0.1) is 3.89 Å². The Morgan fingerprint density at radius 2 is 1.64 bits per heavy atom. The summed E-state index contributed by atoms with van der Waals surface area (Å²) in [7, 11) is 0. The first-order valence-corrected chi connectivity index (χ1v) is 3.37. The Balaban J connectivity index is 0. The molecule has 1 rings (SSSR count). The predicted octanol–water partition coefficient (Wildman–Crippen LogP) is -1.76. The molecule has 0 aromatic heterocycles. The third-order valence-corrected chi connectivity index (χ3v) is 0.607. The van der Waals surface area contributed by atoms with Gasteiger partial charge >= 0.3 is 51.4 Å². The molecule has 1 aromatic carbocycles. The molecule has 2 nitrogen and oxygen atoms in total. The van der Waals surface area contributed by atoms with Gasteiger partial charge < -0.3 is 4.55 Å².